The molecule has 0 saturated carbocycles. The number of carboxylic acids is 1. The molecule has 0 aliphatic heterocycles. The van der Waals surface area contributed by atoms with Crippen LogP contribution in [0, 0.1) is 17.7 Å². The van der Waals surface area contributed by atoms with Gasteiger partial charge in [-0.2, -0.15) is 0 Å². The van der Waals surface area contributed by atoms with Gasteiger partial charge in [0, 0.05) is 6.54 Å². The van der Waals surface area contributed by atoms with Crippen molar-refractivity contribution >= 4 is 21.7 Å². The molecular formula is C13H19FN2O4S. The van der Waals surface area contributed by atoms with E-state index in [0.717, 1.165) is 6.07 Å². The molecule has 8 heteroatoms. The lowest BCUT2D eigenvalue weighted by Crippen LogP contribution is -2.24. The van der Waals surface area contributed by atoms with Crippen molar-refractivity contribution in [2.24, 2.45) is 17.0 Å². The Hall–Kier alpha value is -1.67. The van der Waals surface area contributed by atoms with Crippen LogP contribution in [-0.2, 0) is 14.8 Å². The van der Waals surface area contributed by atoms with Crippen molar-refractivity contribution in [3.8, 4) is 0 Å². The number of benzene rings is 1. The van der Waals surface area contributed by atoms with Crippen LogP contribution in [-0.4, -0.2) is 26.0 Å². The van der Waals surface area contributed by atoms with Gasteiger partial charge in [0.15, 0.2) is 0 Å². The minimum absolute atomic E-state index is 0.0393. The first-order valence-corrected chi connectivity index (χ1v) is 7.95. The first-order valence-electron chi connectivity index (χ1n) is 6.40. The Bertz CT molecular complexity index is 617. The predicted molar refractivity (Wildman–Crippen MR) is 76.8 cm³/mol. The normalized spacial score (nSPS) is 13.2. The Labute approximate surface area is 123 Å². The second kappa shape index (κ2) is 6.86. The topological polar surface area (TPSA) is 109 Å². The maximum atomic E-state index is 13.8. The second-order valence-corrected chi connectivity index (χ2v) is 6.79. The first kappa shape index (κ1) is 17.4. The van der Waals surface area contributed by atoms with Gasteiger partial charge in [0.25, 0.3) is 0 Å². The van der Waals surface area contributed by atoms with Crippen LogP contribution in [0.1, 0.15) is 20.3 Å². The summed E-state index contributed by atoms with van der Waals surface area (Å²) in [5, 5.41) is 16.7. The van der Waals surface area contributed by atoms with E-state index in [1.165, 1.54) is 12.1 Å². The van der Waals surface area contributed by atoms with Crippen LogP contribution in [0.3, 0.4) is 0 Å². The zero-order valence-corrected chi connectivity index (χ0v) is 12.7. The highest BCUT2D eigenvalue weighted by molar-refractivity contribution is 7.89. The predicted octanol–water partition coefficient (Wildman–Crippen LogP) is 1.63. The van der Waals surface area contributed by atoms with Crippen LogP contribution < -0.4 is 10.5 Å². The van der Waals surface area contributed by atoms with Crippen LogP contribution >= 0.6 is 0 Å². The van der Waals surface area contributed by atoms with Crippen LogP contribution in [0.4, 0.5) is 10.1 Å². The van der Waals surface area contributed by atoms with Crippen molar-refractivity contribution in [2.45, 2.75) is 25.2 Å². The molecule has 1 atom stereocenters. The number of nitrogens with two attached hydrogens (primary N) is 1. The maximum absolute atomic E-state index is 13.8. The number of hydrogen-bond donors (Lipinski definition) is 3. The maximum Gasteiger partial charge on any atom is 0.308 e. The number of sulfonamides is 1. The van der Waals surface area contributed by atoms with Crippen LogP contribution in [0.5, 0.6) is 0 Å². The van der Waals surface area contributed by atoms with E-state index >= 15 is 0 Å². The summed E-state index contributed by atoms with van der Waals surface area (Å²) in [4.78, 5) is 10.8. The summed E-state index contributed by atoms with van der Waals surface area (Å²) in [6.45, 7) is 3.86. The highest BCUT2D eigenvalue weighted by Crippen LogP contribution is 2.20. The Balaban J connectivity index is 2.82. The van der Waals surface area contributed by atoms with Gasteiger partial charge < -0.3 is 10.4 Å². The third-order valence-corrected chi connectivity index (χ3v) is 3.82. The number of anilines is 1. The molecule has 118 valence electrons. The van der Waals surface area contributed by atoms with E-state index in [4.69, 9.17) is 10.2 Å². The monoisotopic (exact) mass is 318 g/mol. The molecular weight excluding hydrogens is 299 g/mol. The van der Waals surface area contributed by atoms with Crippen molar-refractivity contribution in [1.82, 2.24) is 0 Å². The number of halogens is 1. The first-order chi connectivity index (χ1) is 9.61. The lowest BCUT2D eigenvalue weighted by atomic mass is 9.97. The standard InChI is InChI=1S/C13H19FN2O4S/c1-8(2)5-9(13(17)18)7-16-12-4-3-10(6-11(12)14)21(15,19)20/h3-4,6,8-9,16H,5,7H2,1-2H3,(H,17,18)(H2,15,19,20). The zero-order chi connectivity index (χ0) is 16.2. The lowest BCUT2D eigenvalue weighted by molar-refractivity contribution is -0.141. The third-order valence-electron chi connectivity index (χ3n) is 2.91. The molecule has 21 heavy (non-hydrogen) atoms. The number of carboxylic acid groups (broad SMARTS) is 1. The summed E-state index contributed by atoms with van der Waals surface area (Å²) in [5.41, 5.74) is 0.0393. The number of hydrogen-bond acceptors (Lipinski definition) is 4. The summed E-state index contributed by atoms with van der Waals surface area (Å²) in [6, 6.07) is 3.19. The van der Waals surface area contributed by atoms with Gasteiger partial charge in [-0.05, 0) is 30.5 Å². The molecule has 0 radical (unpaired) electrons. The van der Waals surface area contributed by atoms with Gasteiger partial charge in [-0.1, -0.05) is 13.8 Å². The summed E-state index contributed by atoms with van der Waals surface area (Å²) in [5.74, 6) is -2.21. The van der Waals surface area contributed by atoms with Gasteiger partial charge >= 0.3 is 5.97 Å². The van der Waals surface area contributed by atoms with Crippen molar-refractivity contribution in [3.05, 3.63) is 24.0 Å². The molecule has 0 bridgehead atoms. The van der Waals surface area contributed by atoms with Crippen molar-refractivity contribution in [1.29, 1.82) is 0 Å². The Morgan fingerprint density at radius 2 is 2.05 bits per heavy atom. The number of aliphatic carboxylic acids is 1. The average Bonchev–Trinajstić information content (AvgIpc) is 2.33. The fourth-order valence-corrected chi connectivity index (χ4v) is 2.42. The number of rotatable bonds is 7. The minimum Gasteiger partial charge on any atom is -0.481 e. The molecule has 0 aliphatic carbocycles. The van der Waals surface area contributed by atoms with E-state index in [9.17, 15) is 17.6 Å². The van der Waals surface area contributed by atoms with Crippen molar-refractivity contribution < 1.29 is 22.7 Å². The SMILES string of the molecule is CC(C)CC(CNc1ccc(S(N)(=O)=O)cc1F)C(=O)O. The van der Waals surface area contributed by atoms with Gasteiger partial charge in [0.05, 0.1) is 16.5 Å². The van der Waals surface area contributed by atoms with Crippen molar-refractivity contribution in [3.63, 3.8) is 0 Å². The van der Waals surface area contributed by atoms with E-state index < -0.39 is 27.7 Å². The van der Waals surface area contributed by atoms with E-state index in [1.54, 1.807) is 0 Å². The van der Waals surface area contributed by atoms with E-state index in [2.05, 4.69) is 5.32 Å². The summed E-state index contributed by atoms with van der Waals surface area (Å²) < 4.78 is 35.9. The Kier molecular flexibility index (Phi) is 5.68. The molecule has 6 nitrogen and oxygen atoms in total. The molecule has 0 saturated heterocycles. The third kappa shape index (κ3) is 5.31. The van der Waals surface area contributed by atoms with Crippen molar-refractivity contribution in [2.75, 3.05) is 11.9 Å². The van der Waals surface area contributed by atoms with Gasteiger partial charge in [0.1, 0.15) is 5.82 Å². The van der Waals surface area contributed by atoms with Crippen LogP contribution in [0.2, 0.25) is 0 Å². The number of carbonyl (C=O) groups is 1. The summed E-state index contributed by atoms with van der Waals surface area (Å²) in [7, 11) is -3.96. The molecule has 0 fully saturated rings. The molecule has 0 aliphatic rings. The van der Waals surface area contributed by atoms with Gasteiger partial charge in [-0.3, -0.25) is 4.79 Å². The fourth-order valence-electron chi connectivity index (χ4n) is 1.89. The lowest BCUT2D eigenvalue weighted by Gasteiger charge is -2.16. The number of nitrogens with one attached hydrogen (secondary N) is 1. The molecule has 0 amide bonds. The Morgan fingerprint density at radius 1 is 1.43 bits per heavy atom. The second-order valence-electron chi connectivity index (χ2n) is 5.23. The summed E-state index contributed by atoms with van der Waals surface area (Å²) in [6.07, 6.45) is 0.458. The molecule has 0 aromatic heterocycles. The van der Waals surface area contributed by atoms with E-state index in [1.807, 2.05) is 13.8 Å². The van der Waals surface area contributed by atoms with E-state index in [-0.39, 0.29) is 23.0 Å². The molecule has 0 heterocycles. The molecule has 1 aromatic rings. The van der Waals surface area contributed by atoms with Gasteiger partial charge in [-0.15, -0.1) is 0 Å². The molecule has 1 unspecified atom stereocenters. The largest absolute Gasteiger partial charge is 0.481 e. The highest BCUT2D eigenvalue weighted by atomic mass is 32.2. The summed E-state index contributed by atoms with van der Waals surface area (Å²) >= 11 is 0. The quantitative estimate of drug-likeness (QED) is 0.708. The van der Waals surface area contributed by atoms with Crippen LogP contribution in [0.15, 0.2) is 23.1 Å². The average molecular weight is 318 g/mol. The van der Waals surface area contributed by atoms with Crippen LogP contribution in [0.25, 0.3) is 0 Å². The molecule has 1 aromatic carbocycles. The smallest absolute Gasteiger partial charge is 0.308 e. The highest BCUT2D eigenvalue weighted by Gasteiger charge is 2.19. The Morgan fingerprint density at radius 3 is 2.48 bits per heavy atom. The zero-order valence-electron chi connectivity index (χ0n) is 11.8. The van der Waals surface area contributed by atoms with Gasteiger partial charge in [0.2, 0.25) is 10.0 Å². The van der Waals surface area contributed by atoms with E-state index in [0.29, 0.717) is 6.42 Å². The fraction of sp³-hybridized carbons (Fsp3) is 0.462. The molecule has 0 spiro atoms. The molecule has 1 rings (SSSR count). The molecule has 4 N–H and O–H groups in total. The minimum atomic E-state index is -3.96. The van der Waals surface area contributed by atoms with Gasteiger partial charge in [-0.25, -0.2) is 17.9 Å². The number of primary sulfonamides is 1.